The third kappa shape index (κ3) is 6.06. The Morgan fingerprint density at radius 2 is 1.88 bits per heavy atom. The fourth-order valence-electron chi connectivity index (χ4n) is 2.88. The van der Waals surface area contributed by atoms with Gasteiger partial charge in [-0.05, 0) is 32.0 Å². The smallest absolute Gasteiger partial charge is 0.305 e. The van der Waals surface area contributed by atoms with Crippen LogP contribution in [0.3, 0.4) is 0 Å². The van der Waals surface area contributed by atoms with Gasteiger partial charge in [-0.15, -0.1) is 0 Å². The van der Waals surface area contributed by atoms with Gasteiger partial charge < -0.3 is 9.64 Å². The largest absolute Gasteiger partial charge is 0.466 e. The Morgan fingerprint density at radius 1 is 1.12 bits per heavy atom. The predicted molar refractivity (Wildman–Crippen MR) is 94.0 cm³/mol. The standard InChI is InChI=1S/C19H28N2O3/c1-3-24-19(23)9-5-8-18(22)17-7-4-6-16(14-17)15-21-12-10-20(2)11-13-21/h4,6-7,14H,3,5,8-13,15H2,1-2H3. The second-order valence-corrected chi connectivity index (χ2v) is 6.36. The van der Waals surface area contributed by atoms with Gasteiger partial charge in [0.25, 0.3) is 0 Å². The van der Waals surface area contributed by atoms with E-state index >= 15 is 0 Å². The van der Waals surface area contributed by atoms with E-state index in [1.807, 2.05) is 18.2 Å². The van der Waals surface area contributed by atoms with Gasteiger partial charge in [-0.25, -0.2) is 0 Å². The van der Waals surface area contributed by atoms with Gasteiger partial charge in [0, 0.05) is 51.1 Å². The van der Waals surface area contributed by atoms with Gasteiger partial charge in [-0.3, -0.25) is 14.5 Å². The number of ketones is 1. The average molecular weight is 332 g/mol. The molecule has 0 aromatic heterocycles. The quantitative estimate of drug-likeness (QED) is 0.540. The number of hydrogen-bond acceptors (Lipinski definition) is 5. The Kier molecular flexibility index (Phi) is 7.40. The zero-order chi connectivity index (χ0) is 17.4. The van der Waals surface area contributed by atoms with Crippen LogP contribution < -0.4 is 0 Å². The summed E-state index contributed by atoms with van der Waals surface area (Å²) in [5, 5.41) is 0. The van der Waals surface area contributed by atoms with E-state index in [1.165, 1.54) is 5.56 Å². The highest BCUT2D eigenvalue weighted by molar-refractivity contribution is 5.96. The first-order chi connectivity index (χ1) is 11.6. The number of hydrogen-bond donors (Lipinski definition) is 0. The number of carbonyl (C=O) groups excluding carboxylic acids is 2. The number of esters is 1. The Morgan fingerprint density at radius 3 is 2.58 bits per heavy atom. The third-order valence-electron chi connectivity index (χ3n) is 4.34. The van der Waals surface area contributed by atoms with Gasteiger partial charge in [-0.2, -0.15) is 0 Å². The van der Waals surface area contributed by atoms with E-state index in [9.17, 15) is 9.59 Å². The van der Waals surface area contributed by atoms with E-state index in [1.54, 1.807) is 6.92 Å². The molecule has 0 saturated carbocycles. The molecule has 2 rings (SSSR count). The Hall–Kier alpha value is -1.72. The first-order valence-electron chi connectivity index (χ1n) is 8.77. The number of piperazine rings is 1. The molecule has 0 N–H and O–H groups in total. The van der Waals surface area contributed by atoms with E-state index < -0.39 is 0 Å². The monoisotopic (exact) mass is 332 g/mol. The summed E-state index contributed by atoms with van der Waals surface area (Å²) < 4.78 is 4.88. The van der Waals surface area contributed by atoms with Crippen LogP contribution in [0.4, 0.5) is 0 Å². The highest BCUT2D eigenvalue weighted by Crippen LogP contribution is 2.13. The van der Waals surface area contributed by atoms with Crippen LogP contribution >= 0.6 is 0 Å². The van der Waals surface area contributed by atoms with Gasteiger partial charge in [-0.1, -0.05) is 18.2 Å². The molecule has 1 aromatic carbocycles. The predicted octanol–water partition coefficient (Wildman–Crippen LogP) is 2.35. The molecule has 0 bridgehead atoms. The lowest BCUT2D eigenvalue weighted by Gasteiger charge is -2.32. The molecule has 0 amide bonds. The molecule has 5 nitrogen and oxygen atoms in total. The van der Waals surface area contributed by atoms with Crippen molar-refractivity contribution in [3.05, 3.63) is 35.4 Å². The average Bonchev–Trinajstić information content (AvgIpc) is 2.57. The minimum absolute atomic E-state index is 0.0968. The zero-order valence-corrected chi connectivity index (χ0v) is 14.8. The topological polar surface area (TPSA) is 49.9 Å². The molecule has 5 heteroatoms. The number of carbonyl (C=O) groups is 2. The maximum Gasteiger partial charge on any atom is 0.305 e. The minimum atomic E-state index is -0.228. The molecule has 0 unspecified atom stereocenters. The molecule has 0 spiro atoms. The van der Waals surface area contributed by atoms with Crippen LogP contribution in [-0.2, 0) is 16.1 Å². The summed E-state index contributed by atoms with van der Waals surface area (Å²) >= 11 is 0. The normalized spacial score (nSPS) is 16.1. The van der Waals surface area contributed by atoms with Gasteiger partial charge >= 0.3 is 5.97 Å². The number of Topliss-reactive ketones (excluding diaryl/α,β-unsaturated/α-hetero) is 1. The second-order valence-electron chi connectivity index (χ2n) is 6.36. The van der Waals surface area contributed by atoms with Gasteiger partial charge in [0.05, 0.1) is 6.61 Å². The minimum Gasteiger partial charge on any atom is -0.466 e. The van der Waals surface area contributed by atoms with E-state index in [0.717, 1.165) is 38.3 Å². The van der Waals surface area contributed by atoms with Crippen LogP contribution in [0.5, 0.6) is 0 Å². The van der Waals surface area contributed by atoms with Gasteiger partial charge in [0.1, 0.15) is 0 Å². The van der Waals surface area contributed by atoms with Crippen LogP contribution in [0.15, 0.2) is 24.3 Å². The number of rotatable bonds is 8. The molecule has 1 aliphatic rings. The van der Waals surface area contributed by atoms with Crippen molar-refractivity contribution < 1.29 is 14.3 Å². The van der Waals surface area contributed by atoms with E-state index in [2.05, 4.69) is 22.9 Å². The summed E-state index contributed by atoms with van der Waals surface area (Å²) in [7, 11) is 2.15. The molecule has 132 valence electrons. The highest BCUT2D eigenvalue weighted by atomic mass is 16.5. The molecule has 0 aliphatic carbocycles. The van der Waals surface area contributed by atoms with E-state index in [-0.39, 0.29) is 11.8 Å². The van der Waals surface area contributed by atoms with Crippen LogP contribution in [0.1, 0.15) is 42.1 Å². The molecular formula is C19H28N2O3. The van der Waals surface area contributed by atoms with Crippen LogP contribution in [-0.4, -0.2) is 61.4 Å². The molecular weight excluding hydrogens is 304 g/mol. The van der Waals surface area contributed by atoms with Crippen molar-refractivity contribution in [3.63, 3.8) is 0 Å². The first-order valence-corrected chi connectivity index (χ1v) is 8.77. The summed E-state index contributed by atoms with van der Waals surface area (Å²) in [4.78, 5) is 28.4. The maximum atomic E-state index is 12.3. The van der Waals surface area contributed by atoms with Crippen molar-refractivity contribution >= 4 is 11.8 Å². The van der Waals surface area contributed by atoms with Gasteiger partial charge in [0.2, 0.25) is 0 Å². The van der Waals surface area contributed by atoms with Crippen LogP contribution in [0.25, 0.3) is 0 Å². The molecule has 1 aromatic rings. The Bertz CT molecular complexity index is 551. The van der Waals surface area contributed by atoms with Crippen molar-refractivity contribution in [1.29, 1.82) is 0 Å². The van der Waals surface area contributed by atoms with Crippen molar-refractivity contribution in [2.24, 2.45) is 0 Å². The number of nitrogens with zero attached hydrogens (tertiary/aromatic N) is 2. The van der Waals surface area contributed by atoms with Crippen molar-refractivity contribution in [3.8, 4) is 0 Å². The lowest BCUT2D eigenvalue weighted by molar-refractivity contribution is -0.143. The number of likely N-dealkylation sites (N-methyl/N-ethyl adjacent to an activating group) is 1. The molecule has 0 atom stereocenters. The molecule has 1 heterocycles. The summed E-state index contributed by atoms with van der Waals surface area (Å²) in [5.74, 6) is -0.131. The summed E-state index contributed by atoms with van der Waals surface area (Å²) in [6.45, 7) is 7.37. The highest BCUT2D eigenvalue weighted by Gasteiger charge is 2.15. The Balaban J connectivity index is 1.83. The molecule has 0 radical (unpaired) electrons. The fourth-order valence-corrected chi connectivity index (χ4v) is 2.88. The molecule has 1 saturated heterocycles. The summed E-state index contributed by atoms with van der Waals surface area (Å²) in [5.41, 5.74) is 1.92. The molecule has 1 fully saturated rings. The second kappa shape index (κ2) is 9.55. The fraction of sp³-hybridized carbons (Fsp3) is 0.579. The van der Waals surface area contributed by atoms with E-state index in [0.29, 0.717) is 25.9 Å². The van der Waals surface area contributed by atoms with Crippen LogP contribution in [0.2, 0.25) is 0 Å². The van der Waals surface area contributed by atoms with Crippen LogP contribution in [0, 0.1) is 0 Å². The van der Waals surface area contributed by atoms with Crippen molar-refractivity contribution in [2.75, 3.05) is 39.8 Å². The van der Waals surface area contributed by atoms with Crippen molar-refractivity contribution in [1.82, 2.24) is 9.80 Å². The zero-order valence-electron chi connectivity index (χ0n) is 14.8. The van der Waals surface area contributed by atoms with Crippen molar-refractivity contribution in [2.45, 2.75) is 32.7 Å². The lowest BCUT2D eigenvalue weighted by atomic mass is 10.0. The number of ether oxygens (including phenoxy) is 1. The third-order valence-corrected chi connectivity index (χ3v) is 4.34. The summed E-state index contributed by atoms with van der Waals surface area (Å²) in [6, 6.07) is 7.88. The molecule has 24 heavy (non-hydrogen) atoms. The first kappa shape index (κ1) is 18.6. The van der Waals surface area contributed by atoms with E-state index in [4.69, 9.17) is 4.74 Å². The number of benzene rings is 1. The SMILES string of the molecule is CCOC(=O)CCCC(=O)c1cccc(CN2CCN(C)CC2)c1. The lowest BCUT2D eigenvalue weighted by Crippen LogP contribution is -2.43. The molecule has 1 aliphatic heterocycles. The summed E-state index contributed by atoms with van der Waals surface area (Å²) in [6.07, 6.45) is 1.23. The maximum absolute atomic E-state index is 12.3. The Labute approximate surface area is 144 Å². The van der Waals surface area contributed by atoms with Gasteiger partial charge in [0.15, 0.2) is 5.78 Å².